The summed E-state index contributed by atoms with van der Waals surface area (Å²) in [5.41, 5.74) is -1.09. The van der Waals surface area contributed by atoms with Crippen LogP contribution in [0.5, 0.6) is 0 Å². The predicted octanol–water partition coefficient (Wildman–Crippen LogP) is 3.87. The van der Waals surface area contributed by atoms with Crippen molar-refractivity contribution in [3.05, 3.63) is 54.6 Å². The van der Waals surface area contributed by atoms with Gasteiger partial charge in [-0.05, 0) is 41.5 Å². The van der Waals surface area contributed by atoms with Crippen molar-refractivity contribution in [2.24, 2.45) is 0 Å². The number of nitrogens with zero attached hydrogens (tertiary/aromatic N) is 2. The van der Waals surface area contributed by atoms with E-state index in [1.165, 1.54) is 12.5 Å². The molecule has 9 heteroatoms. The minimum absolute atomic E-state index is 0.107. The first-order valence-corrected chi connectivity index (χ1v) is 9.75. The molecule has 1 heterocycles. The van der Waals surface area contributed by atoms with Crippen molar-refractivity contribution in [3.63, 3.8) is 0 Å². The summed E-state index contributed by atoms with van der Waals surface area (Å²) < 4.78 is 11.3. The van der Waals surface area contributed by atoms with Gasteiger partial charge in [0.15, 0.2) is 0 Å². The maximum atomic E-state index is 11.9. The van der Waals surface area contributed by atoms with Crippen LogP contribution in [0, 0.1) is 0 Å². The highest BCUT2D eigenvalue weighted by Gasteiger charge is 2.25. The molecule has 1 atom stereocenters. The summed E-state index contributed by atoms with van der Waals surface area (Å²) in [4.78, 5) is 39.0. The Hall–Kier alpha value is -3.36. The van der Waals surface area contributed by atoms with Gasteiger partial charge in [0.2, 0.25) is 0 Å². The molecule has 0 bridgehead atoms. The summed E-state index contributed by atoms with van der Waals surface area (Å²) in [6.45, 7) is 10.2. The molecule has 0 unspecified atom stereocenters. The van der Waals surface area contributed by atoms with E-state index >= 15 is 0 Å². The highest BCUT2D eigenvalue weighted by molar-refractivity contribution is 5.80. The number of carboxylic acid groups (broad SMARTS) is 1. The van der Waals surface area contributed by atoms with Gasteiger partial charge in [0.25, 0.3) is 0 Å². The van der Waals surface area contributed by atoms with Crippen LogP contribution in [-0.4, -0.2) is 50.1 Å². The molecule has 2 N–H and O–H groups in total. The number of carbonyl (C=O) groups excluding carboxylic acids is 2. The Morgan fingerprint density at radius 2 is 1.45 bits per heavy atom. The molecule has 2 aromatic rings. The summed E-state index contributed by atoms with van der Waals surface area (Å²) in [5.74, 6) is -1.24. The van der Waals surface area contributed by atoms with Crippen molar-refractivity contribution >= 4 is 18.2 Å². The topological polar surface area (TPSA) is 120 Å². The molecule has 0 aliphatic rings. The molecule has 0 spiro atoms. The van der Waals surface area contributed by atoms with Crippen LogP contribution >= 0.6 is 0 Å². The minimum Gasteiger partial charge on any atom is -0.480 e. The van der Waals surface area contributed by atoms with E-state index in [-0.39, 0.29) is 6.42 Å². The second-order valence-corrected chi connectivity index (χ2v) is 8.65. The molecular formula is C22H31N3O6. The van der Waals surface area contributed by atoms with Gasteiger partial charge >= 0.3 is 18.2 Å². The Balaban J connectivity index is 0.000000683. The zero-order valence-electron chi connectivity index (χ0n) is 18.8. The van der Waals surface area contributed by atoms with E-state index in [0.717, 1.165) is 4.57 Å². The van der Waals surface area contributed by atoms with E-state index in [1.807, 2.05) is 36.4 Å². The number of imidazole rings is 1. The molecule has 1 aromatic carbocycles. The highest BCUT2D eigenvalue weighted by atomic mass is 16.6. The van der Waals surface area contributed by atoms with Gasteiger partial charge in [-0.1, -0.05) is 36.4 Å². The van der Waals surface area contributed by atoms with E-state index in [2.05, 4.69) is 10.3 Å². The molecule has 0 saturated heterocycles. The first-order chi connectivity index (χ1) is 14.3. The van der Waals surface area contributed by atoms with Gasteiger partial charge < -0.3 is 19.9 Å². The number of amides is 1. The van der Waals surface area contributed by atoms with E-state index < -0.39 is 35.4 Å². The quantitative estimate of drug-likeness (QED) is 0.751. The first-order valence-electron chi connectivity index (χ1n) is 9.75. The molecule has 0 aliphatic carbocycles. The maximum absolute atomic E-state index is 11.9. The fourth-order valence-electron chi connectivity index (χ4n) is 2.13. The lowest BCUT2D eigenvalue weighted by Gasteiger charge is -2.21. The first kappa shape index (κ1) is 25.7. The van der Waals surface area contributed by atoms with Crippen molar-refractivity contribution in [1.29, 1.82) is 0 Å². The maximum Gasteiger partial charge on any atom is 0.419 e. The van der Waals surface area contributed by atoms with Crippen LogP contribution in [0.1, 0.15) is 47.2 Å². The number of carboxylic acids is 1. The average molecular weight is 434 g/mol. The summed E-state index contributed by atoms with van der Waals surface area (Å²) in [6, 6.07) is 10.8. The molecule has 0 aliphatic heterocycles. The van der Waals surface area contributed by atoms with Gasteiger partial charge in [-0.2, -0.15) is 0 Å². The Morgan fingerprint density at radius 1 is 0.968 bits per heavy atom. The van der Waals surface area contributed by atoms with Crippen molar-refractivity contribution < 1.29 is 29.0 Å². The molecule has 2 rings (SSSR count). The van der Waals surface area contributed by atoms with Crippen molar-refractivity contribution in [1.82, 2.24) is 14.9 Å². The standard InChI is InChI=1S/C16H25N3O6.C6H6/c1-15(2,3)24-13(22)18-11(12(20)21)7-10-8-19(9-17-10)14(23)25-16(4,5)6;1-2-4-6-5-3-1/h8-9,11H,7H2,1-6H3,(H,18,22)(H,20,21);1-6H/t11-;/m1./s1. The lowest BCUT2D eigenvalue weighted by Crippen LogP contribution is -2.44. The lowest BCUT2D eigenvalue weighted by molar-refractivity contribution is -0.139. The van der Waals surface area contributed by atoms with Gasteiger partial charge in [0, 0.05) is 12.6 Å². The van der Waals surface area contributed by atoms with Gasteiger partial charge in [0.1, 0.15) is 23.6 Å². The van der Waals surface area contributed by atoms with Crippen LogP contribution in [0.25, 0.3) is 0 Å². The van der Waals surface area contributed by atoms with Gasteiger partial charge in [-0.3, -0.25) is 0 Å². The van der Waals surface area contributed by atoms with E-state index in [4.69, 9.17) is 9.47 Å². The summed E-state index contributed by atoms with van der Waals surface area (Å²) in [5, 5.41) is 11.5. The number of carbonyl (C=O) groups is 3. The normalized spacial score (nSPS) is 12.1. The number of alkyl carbamates (subject to hydrolysis) is 1. The average Bonchev–Trinajstić information content (AvgIpc) is 3.09. The Labute approximate surface area is 182 Å². The second kappa shape index (κ2) is 11.1. The van der Waals surface area contributed by atoms with Gasteiger partial charge in [0.05, 0.1) is 5.69 Å². The molecular weight excluding hydrogens is 402 g/mol. The third-order valence-electron chi connectivity index (χ3n) is 3.31. The number of aliphatic carboxylic acids is 1. The Morgan fingerprint density at radius 3 is 1.87 bits per heavy atom. The molecule has 0 fully saturated rings. The number of ether oxygens (including phenoxy) is 2. The number of rotatable bonds is 4. The summed E-state index contributed by atoms with van der Waals surface area (Å²) in [7, 11) is 0. The van der Waals surface area contributed by atoms with Crippen LogP contribution in [-0.2, 0) is 20.7 Å². The van der Waals surface area contributed by atoms with E-state index in [1.54, 1.807) is 41.5 Å². The van der Waals surface area contributed by atoms with E-state index in [9.17, 15) is 19.5 Å². The molecule has 31 heavy (non-hydrogen) atoms. The molecule has 1 aromatic heterocycles. The smallest absolute Gasteiger partial charge is 0.419 e. The number of nitrogens with one attached hydrogen (secondary N) is 1. The summed E-state index contributed by atoms with van der Waals surface area (Å²) in [6.07, 6.45) is 1.02. The third kappa shape index (κ3) is 11.4. The monoisotopic (exact) mass is 433 g/mol. The van der Waals surface area contributed by atoms with Crippen LogP contribution in [0.2, 0.25) is 0 Å². The van der Waals surface area contributed by atoms with Crippen LogP contribution in [0.3, 0.4) is 0 Å². The SMILES string of the molecule is CC(C)(C)OC(=O)N[C@H](Cc1cn(C(=O)OC(C)(C)C)cn1)C(=O)O.c1ccccc1. The van der Waals surface area contributed by atoms with Crippen LogP contribution < -0.4 is 5.32 Å². The summed E-state index contributed by atoms with van der Waals surface area (Å²) >= 11 is 0. The van der Waals surface area contributed by atoms with Crippen molar-refractivity contribution in [3.8, 4) is 0 Å². The zero-order chi connectivity index (χ0) is 23.7. The Bertz CT molecular complexity index is 823. The molecule has 1 amide bonds. The largest absolute Gasteiger partial charge is 0.480 e. The minimum atomic E-state index is -1.24. The fourth-order valence-corrected chi connectivity index (χ4v) is 2.13. The van der Waals surface area contributed by atoms with Crippen LogP contribution in [0.15, 0.2) is 48.9 Å². The number of aromatic nitrogens is 2. The van der Waals surface area contributed by atoms with Gasteiger partial charge in [-0.15, -0.1) is 0 Å². The number of benzene rings is 1. The lowest BCUT2D eigenvalue weighted by atomic mass is 10.1. The van der Waals surface area contributed by atoms with E-state index in [0.29, 0.717) is 5.69 Å². The number of hydrogen-bond donors (Lipinski definition) is 2. The second-order valence-electron chi connectivity index (χ2n) is 8.65. The van der Waals surface area contributed by atoms with Crippen LogP contribution in [0.4, 0.5) is 9.59 Å². The third-order valence-corrected chi connectivity index (χ3v) is 3.31. The Kier molecular flexibility index (Phi) is 9.23. The van der Waals surface area contributed by atoms with Crippen molar-refractivity contribution in [2.75, 3.05) is 0 Å². The fraction of sp³-hybridized carbons (Fsp3) is 0.455. The number of hydrogen-bond acceptors (Lipinski definition) is 6. The molecule has 170 valence electrons. The molecule has 9 nitrogen and oxygen atoms in total. The van der Waals surface area contributed by atoms with Crippen molar-refractivity contribution in [2.45, 2.75) is 65.2 Å². The van der Waals surface area contributed by atoms with Gasteiger partial charge in [-0.25, -0.2) is 23.9 Å². The molecule has 0 saturated carbocycles. The predicted molar refractivity (Wildman–Crippen MR) is 115 cm³/mol. The zero-order valence-corrected chi connectivity index (χ0v) is 18.8. The molecule has 0 radical (unpaired) electrons. The highest BCUT2D eigenvalue weighted by Crippen LogP contribution is 2.11.